The zero-order chi connectivity index (χ0) is 60.0. The standard InChI is InChI=1S/C57H62N6O20/c1-20-46(66)28(58)13-36(80-20)82-32-18-56(76,16-26-40(32)54(74)44-42(50(26)70)48(68)24-9-7-11-30(78-5)38(24)52(44)72)22(3)60-62-34(64)15-35(65)63-61-23(4)57(77)17-27-41(33(19-57)83-37-14-29(59)47(67)21(2)81-37)55(75)45-43(51(27)71)49(69)25-10-8-12-31(79-6)39(25)53(45)73/h7-12,20-21,28-29,32-33,36-37,46-47,66-67,70-71,74-77H,13-19,58-59H2,1-6H3,(H,62,64)(H,63,65)/b60-22+,61-23+. The van der Waals surface area contributed by atoms with Crippen LogP contribution in [0.5, 0.6) is 34.5 Å². The Morgan fingerprint density at radius 2 is 0.964 bits per heavy atom. The number of hydrogen-bond donors (Lipinski definition) is 12. The molecule has 0 radical (unpaired) electrons. The first-order chi connectivity index (χ1) is 39.2. The highest BCUT2D eigenvalue weighted by atomic mass is 16.7. The van der Waals surface area contributed by atoms with Gasteiger partial charge in [0.25, 0.3) is 0 Å². The second-order valence-electron chi connectivity index (χ2n) is 21.8. The minimum absolute atomic E-state index is 0.0366. The summed E-state index contributed by atoms with van der Waals surface area (Å²) in [5.41, 5.74) is 8.60. The number of aliphatic hydroxyl groups is 4. The van der Waals surface area contributed by atoms with Gasteiger partial charge in [0.2, 0.25) is 23.4 Å². The van der Waals surface area contributed by atoms with Crippen LogP contribution in [-0.4, -0.2) is 162 Å². The molecular formula is C57H62N6O20. The minimum atomic E-state index is -2.16. The van der Waals surface area contributed by atoms with Gasteiger partial charge in [0.15, 0.2) is 24.1 Å². The molecule has 6 aliphatic rings. The number of carbonyl (C=O) groups is 6. The lowest BCUT2D eigenvalue weighted by Gasteiger charge is -2.42. The van der Waals surface area contributed by atoms with E-state index in [4.69, 9.17) is 39.9 Å². The van der Waals surface area contributed by atoms with E-state index in [-0.39, 0.29) is 80.3 Å². The Bertz CT molecular complexity index is 3260. The third kappa shape index (κ3) is 9.86. The van der Waals surface area contributed by atoms with Gasteiger partial charge in [-0.15, -0.1) is 0 Å². The number of ketones is 4. The van der Waals surface area contributed by atoms with Crippen LogP contribution in [0.3, 0.4) is 0 Å². The van der Waals surface area contributed by atoms with E-state index in [1.807, 2.05) is 0 Å². The normalized spacial score (nSPS) is 29.3. The topological polar surface area (TPSA) is 420 Å². The molecule has 4 aliphatic carbocycles. The van der Waals surface area contributed by atoms with Crippen LogP contribution in [0.2, 0.25) is 0 Å². The number of fused-ring (bicyclic) bond motifs is 6. The second kappa shape index (κ2) is 21.8. The second-order valence-corrected chi connectivity index (χ2v) is 21.8. The predicted octanol–water partition coefficient (Wildman–Crippen LogP) is 1.27. The Balaban J connectivity index is 0.896. The van der Waals surface area contributed by atoms with Crippen LogP contribution < -0.4 is 31.8 Å². The largest absolute Gasteiger partial charge is 0.507 e. The number of phenolic OH excluding ortho intramolecular Hbond substituents is 4. The molecule has 2 aliphatic heterocycles. The zero-order valence-corrected chi connectivity index (χ0v) is 45.7. The Kier molecular flexibility index (Phi) is 15.3. The number of hydrazone groups is 2. The van der Waals surface area contributed by atoms with Crippen molar-refractivity contribution in [1.82, 2.24) is 10.9 Å². The molecule has 12 unspecified atom stereocenters. The average molecular weight is 1150 g/mol. The summed E-state index contributed by atoms with van der Waals surface area (Å²) in [6.07, 6.45) is -12.2. The van der Waals surface area contributed by atoms with Crippen LogP contribution >= 0.6 is 0 Å². The number of nitrogens with zero attached hydrogens (tertiary/aromatic N) is 2. The van der Waals surface area contributed by atoms with Crippen LogP contribution in [0.25, 0.3) is 0 Å². The van der Waals surface area contributed by atoms with Crippen molar-refractivity contribution in [2.75, 3.05) is 14.2 Å². The molecule has 10 rings (SSSR count). The monoisotopic (exact) mass is 1150 g/mol. The first-order valence-electron chi connectivity index (χ1n) is 26.6. The number of nitrogens with two attached hydrogens (primary N) is 2. The molecule has 440 valence electrons. The number of aliphatic hydroxyl groups excluding tert-OH is 2. The van der Waals surface area contributed by atoms with Crippen molar-refractivity contribution in [2.45, 2.75) is 145 Å². The van der Waals surface area contributed by atoms with Crippen LogP contribution in [0.4, 0.5) is 0 Å². The summed E-state index contributed by atoms with van der Waals surface area (Å²) in [7, 11) is 2.59. The third-order valence-electron chi connectivity index (χ3n) is 16.6. The summed E-state index contributed by atoms with van der Waals surface area (Å²) < 4.78 is 35.2. The summed E-state index contributed by atoms with van der Waals surface area (Å²) in [5, 5.41) is 102. The summed E-state index contributed by atoms with van der Waals surface area (Å²) in [6, 6.07) is 6.89. The fraction of sp³-hybridized carbons (Fsp3) is 0.439. The lowest BCUT2D eigenvalue weighted by molar-refractivity contribution is -0.246. The maximum Gasteiger partial charge on any atom is 0.249 e. The average Bonchev–Trinajstić information content (AvgIpc) is 0.884. The Morgan fingerprint density at radius 1 is 0.602 bits per heavy atom. The fourth-order valence-electron chi connectivity index (χ4n) is 12.1. The first kappa shape index (κ1) is 58.4. The molecule has 2 saturated heterocycles. The number of amides is 2. The first-order valence-corrected chi connectivity index (χ1v) is 26.6. The van der Waals surface area contributed by atoms with Gasteiger partial charge in [-0.2, -0.15) is 10.2 Å². The molecule has 0 spiro atoms. The Morgan fingerprint density at radius 3 is 1.31 bits per heavy atom. The van der Waals surface area contributed by atoms with Gasteiger partial charge in [-0.25, -0.2) is 10.9 Å². The summed E-state index contributed by atoms with van der Waals surface area (Å²) in [6.45, 7) is 5.72. The summed E-state index contributed by atoms with van der Waals surface area (Å²) in [4.78, 5) is 83.3. The highest BCUT2D eigenvalue weighted by Crippen LogP contribution is 2.55. The predicted molar refractivity (Wildman–Crippen MR) is 286 cm³/mol. The molecule has 2 amide bonds. The van der Waals surface area contributed by atoms with Crippen molar-refractivity contribution in [3.05, 3.63) is 103 Å². The minimum Gasteiger partial charge on any atom is -0.507 e. The number of methoxy groups -OCH3 is 2. The molecule has 0 aromatic heterocycles. The molecule has 2 heterocycles. The van der Waals surface area contributed by atoms with Gasteiger partial charge >= 0.3 is 0 Å². The molecule has 12 atom stereocenters. The van der Waals surface area contributed by atoms with Gasteiger partial charge in [-0.05, 0) is 39.8 Å². The van der Waals surface area contributed by atoms with E-state index in [9.17, 15) is 69.6 Å². The van der Waals surface area contributed by atoms with Gasteiger partial charge in [-0.1, -0.05) is 24.3 Å². The fourth-order valence-corrected chi connectivity index (χ4v) is 12.1. The summed E-state index contributed by atoms with van der Waals surface area (Å²) >= 11 is 0. The number of benzene rings is 4. The quantitative estimate of drug-likeness (QED) is 0.0355. The maximum atomic E-state index is 14.2. The van der Waals surface area contributed by atoms with Gasteiger partial charge in [0, 0.05) is 84.0 Å². The lowest BCUT2D eigenvalue weighted by atomic mass is 9.71. The number of rotatable bonds is 12. The smallest absolute Gasteiger partial charge is 0.249 e. The molecule has 26 heteroatoms. The van der Waals surface area contributed by atoms with E-state index in [1.54, 1.807) is 13.8 Å². The van der Waals surface area contributed by atoms with Crippen LogP contribution in [0.15, 0.2) is 46.6 Å². The molecule has 0 saturated carbocycles. The molecule has 4 aromatic carbocycles. The van der Waals surface area contributed by atoms with E-state index in [0.29, 0.717) is 0 Å². The van der Waals surface area contributed by atoms with Gasteiger partial charge < -0.3 is 80.7 Å². The van der Waals surface area contributed by atoms with E-state index in [2.05, 4.69) is 21.1 Å². The van der Waals surface area contributed by atoms with E-state index < -0.39 is 185 Å². The van der Waals surface area contributed by atoms with Crippen molar-refractivity contribution >= 4 is 46.4 Å². The molecule has 2 fully saturated rings. The molecule has 0 bridgehead atoms. The number of carbonyl (C=O) groups excluding carboxylic acids is 6. The SMILES string of the molecule is COc1cccc2c1C(=O)c1c(O)c3c(c(O)c1C2=O)CC(O)(/C(C)=N/NC(=O)CC(=O)N/N=C(\C)C1(O)Cc2c(O)c4c(c(O)c2C(OC2CC(N)C(O)C(C)O2)C1)C(=O)c1c(OC)cccc1C4=O)CC3OC1CC(N)C(O)C(C)O1. The molecule has 4 aromatic rings. The van der Waals surface area contributed by atoms with Crippen molar-refractivity contribution < 1.29 is 98.0 Å². The van der Waals surface area contributed by atoms with E-state index >= 15 is 0 Å². The Hall–Kier alpha value is -7.76. The Labute approximate surface area is 472 Å². The van der Waals surface area contributed by atoms with Crippen LogP contribution in [0, 0.1) is 0 Å². The van der Waals surface area contributed by atoms with Crippen molar-refractivity contribution in [2.24, 2.45) is 21.7 Å². The highest BCUT2D eigenvalue weighted by Gasteiger charge is 2.52. The zero-order valence-electron chi connectivity index (χ0n) is 45.7. The number of ether oxygens (including phenoxy) is 6. The van der Waals surface area contributed by atoms with Crippen LogP contribution in [-0.2, 0) is 41.4 Å². The number of nitrogens with one attached hydrogen (secondary N) is 2. The molecule has 26 nitrogen and oxygen atoms in total. The van der Waals surface area contributed by atoms with Gasteiger partial charge in [0.05, 0.1) is 95.6 Å². The lowest BCUT2D eigenvalue weighted by Crippen LogP contribution is -2.52. The number of phenols is 4. The number of aromatic hydroxyl groups is 4. The molecule has 83 heavy (non-hydrogen) atoms. The van der Waals surface area contributed by atoms with Gasteiger partial charge in [0.1, 0.15) is 52.1 Å². The molecule has 14 N–H and O–H groups in total. The summed E-state index contributed by atoms with van der Waals surface area (Å²) in [5.74, 6) is -8.30. The highest BCUT2D eigenvalue weighted by molar-refractivity contribution is 6.32. The van der Waals surface area contributed by atoms with E-state index in [1.165, 1.54) is 64.5 Å². The van der Waals surface area contributed by atoms with Crippen molar-refractivity contribution in [1.29, 1.82) is 0 Å². The van der Waals surface area contributed by atoms with Crippen molar-refractivity contribution in [3.8, 4) is 34.5 Å². The molecular weight excluding hydrogens is 1090 g/mol. The third-order valence-corrected chi connectivity index (χ3v) is 16.6. The van der Waals surface area contributed by atoms with Crippen LogP contribution in [0.1, 0.15) is 158 Å². The van der Waals surface area contributed by atoms with Gasteiger partial charge in [-0.3, -0.25) is 28.8 Å². The van der Waals surface area contributed by atoms with Crippen molar-refractivity contribution in [3.63, 3.8) is 0 Å². The van der Waals surface area contributed by atoms with E-state index in [0.717, 1.165) is 0 Å². The maximum absolute atomic E-state index is 14.2. The number of hydrogen-bond acceptors (Lipinski definition) is 24.